The van der Waals surface area contributed by atoms with E-state index in [1.807, 2.05) is 43.3 Å². The SMILES string of the molecule is C/C(=N\N=[N+](/[S-])SCc1ccccc1)c1ccccn1.[Cl-].[Cu+2]. The summed E-state index contributed by atoms with van der Waals surface area (Å²) < 4.78 is 1.35. The molecule has 1 aromatic heterocycles. The third kappa shape index (κ3) is 7.33. The first-order chi connectivity index (χ1) is 9.75. The minimum absolute atomic E-state index is 0. The van der Waals surface area contributed by atoms with E-state index in [4.69, 9.17) is 12.8 Å². The van der Waals surface area contributed by atoms with Gasteiger partial charge in [0.25, 0.3) is 0 Å². The fourth-order valence-electron chi connectivity index (χ4n) is 1.46. The molecule has 0 amide bonds. The van der Waals surface area contributed by atoms with Crippen molar-refractivity contribution < 1.29 is 33.0 Å². The van der Waals surface area contributed by atoms with Crippen LogP contribution in [0.15, 0.2) is 65.1 Å². The van der Waals surface area contributed by atoms with Crippen LogP contribution in [-0.2, 0) is 35.6 Å². The summed E-state index contributed by atoms with van der Waals surface area (Å²) in [5, 5.41) is 8.06. The molecular formula is C14H14ClCuN4S2+. The number of nitrogens with zero attached hydrogens (tertiary/aromatic N) is 4. The molecule has 1 heterocycles. The second-order valence-electron chi connectivity index (χ2n) is 3.99. The molecule has 0 saturated heterocycles. The third-order valence-corrected chi connectivity index (χ3v) is 3.63. The monoisotopic (exact) mass is 400 g/mol. The first-order valence-electron chi connectivity index (χ1n) is 6.06. The number of aromatic nitrogens is 1. The average Bonchev–Trinajstić information content (AvgIpc) is 2.52. The summed E-state index contributed by atoms with van der Waals surface area (Å²) >= 11 is 6.53. The molecular weight excluding hydrogens is 387 g/mol. The zero-order valence-corrected chi connectivity index (χ0v) is 15.0. The normalized spacial score (nSPS) is 11.3. The molecule has 0 aliphatic heterocycles. The summed E-state index contributed by atoms with van der Waals surface area (Å²) in [5.74, 6) is 0.770. The van der Waals surface area contributed by atoms with Gasteiger partial charge in [-0.1, -0.05) is 36.4 Å². The van der Waals surface area contributed by atoms with Crippen LogP contribution in [0.25, 0.3) is 0 Å². The number of hydrogen-bond acceptors (Lipinski definition) is 4. The topological polar surface area (TPSA) is 40.6 Å². The van der Waals surface area contributed by atoms with Gasteiger partial charge in [0.2, 0.25) is 5.71 Å². The zero-order valence-electron chi connectivity index (χ0n) is 11.7. The van der Waals surface area contributed by atoms with Gasteiger partial charge < -0.3 is 25.2 Å². The Morgan fingerprint density at radius 1 is 1.18 bits per heavy atom. The van der Waals surface area contributed by atoms with Crippen molar-refractivity contribution in [3.05, 3.63) is 66.0 Å². The molecule has 1 aromatic carbocycles. The molecule has 4 nitrogen and oxygen atoms in total. The van der Waals surface area contributed by atoms with Crippen LogP contribution in [0.2, 0.25) is 0 Å². The number of benzene rings is 1. The van der Waals surface area contributed by atoms with Gasteiger partial charge >= 0.3 is 17.1 Å². The first kappa shape index (κ1) is 21.0. The quantitative estimate of drug-likeness (QED) is 0.140. The van der Waals surface area contributed by atoms with Gasteiger partial charge in [0.05, 0.1) is 22.8 Å². The van der Waals surface area contributed by atoms with E-state index in [-0.39, 0.29) is 29.5 Å². The van der Waals surface area contributed by atoms with E-state index in [1.165, 1.54) is 21.0 Å². The molecule has 8 heteroatoms. The van der Waals surface area contributed by atoms with Crippen molar-refractivity contribution in [1.82, 2.24) is 4.98 Å². The van der Waals surface area contributed by atoms with Gasteiger partial charge in [-0.3, -0.25) is 4.98 Å². The molecule has 119 valence electrons. The van der Waals surface area contributed by atoms with Crippen molar-refractivity contribution in [2.75, 3.05) is 0 Å². The molecule has 0 bridgehead atoms. The molecule has 0 aliphatic rings. The van der Waals surface area contributed by atoms with Crippen molar-refractivity contribution in [1.29, 1.82) is 0 Å². The van der Waals surface area contributed by atoms with Crippen LogP contribution in [0.4, 0.5) is 0 Å². The Labute approximate surface area is 157 Å². The fourth-order valence-corrected chi connectivity index (χ4v) is 2.20. The predicted molar refractivity (Wildman–Crippen MR) is 84.2 cm³/mol. The molecule has 0 N–H and O–H groups in total. The Morgan fingerprint density at radius 3 is 2.50 bits per heavy atom. The largest absolute Gasteiger partial charge is 2.00 e. The summed E-state index contributed by atoms with van der Waals surface area (Å²) in [4.78, 5) is 4.20. The van der Waals surface area contributed by atoms with E-state index < -0.39 is 0 Å². The van der Waals surface area contributed by atoms with Gasteiger partial charge in [-0.05, 0) is 17.7 Å². The molecule has 2 aromatic rings. The Balaban J connectivity index is 0.00000220. The maximum absolute atomic E-state index is 5.11. The summed E-state index contributed by atoms with van der Waals surface area (Å²) in [5.41, 5.74) is 2.74. The van der Waals surface area contributed by atoms with Crippen LogP contribution in [0.1, 0.15) is 18.2 Å². The van der Waals surface area contributed by atoms with Crippen LogP contribution in [0.3, 0.4) is 0 Å². The summed E-state index contributed by atoms with van der Waals surface area (Å²) in [6.45, 7) is 1.86. The van der Waals surface area contributed by atoms with Crippen LogP contribution in [0.5, 0.6) is 0 Å². The van der Waals surface area contributed by atoms with Gasteiger partial charge in [0, 0.05) is 13.1 Å². The molecule has 2 rings (SSSR count). The smallest absolute Gasteiger partial charge is 1.00 e. The zero-order chi connectivity index (χ0) is 14.2. The number of halogens is 1. The van der Waals surface area contributed by atoms with Crippen molar-refractivity contribution in [3.63, 3.8) is 0 Å². The van der Waals surface area contributed by atoms with E-state index in [0.717, 1.165) is 17.2 Å². The third-order valence-electron chi connectivity index (χ3n) is 2.49. The molecule has 0 aliphatic carbocycles. The van der Waals surface area contributed by atoms with E-state index in [0.29, 0.717) is 0 Å². The van der Waals surface area contributed by atoms with E-state index in [2.05, 4.69) is 27.4 Å². The van der Waals surface area contributed by atoms with Gasteiger partial charge in [-0.2, -0.15) is 0 Å². The molecule has 0 unspecified atom stereocenters. The Hall–Kier alpha value is -0.981. The summed E-state index contributed by atoms with van der Waals surface area (Å²) in [6, 6.07) is 15.8. The van der Waals surface area contributed by atoms with Crippen molar-refractivity contribution >= 4 is 30.5 Å². The molecule has 1 radical (unpaired) electrons. The maximum atomic E-state index is 5.11. The average molecular weight is 401 g/mol. The minimum atomic E-state index is 0. The molecule has 0 saturated carbocycles. The number of rotatable bonds is 5. The number of pyridine rings is 1. The van der Waals surface area contributed by atoms with Crippen LogP contribution < -0.4 is 12.4 Å². The Morgan fingerprint density at radius 2 is 1.86 bits per heavy atom. The predicted octanol–water partition coefficient (Wildman–Crippen LogP) is 0.582. The van der Waals surface area contributed by atoms with Gasteiger partial charge in [0.15, 0.2) is 0 Å². The molecule has 0 atom stereocenters. The first-order valence-corrected chi connectivity index (χ1v) is 7.37. The van der Waals surface area contributed by atoms with Gasteiger partial charge in [-0.15, -0.1) is 0 Å². The molecule has 22 heavy (non-hydrogen) atoms. The van der Waals surface area contributed by atoms with Crippen molar-refractivity contribution in [2.45, 2.75) is 12.7 Å². The summed E-state index contributed by atoms with van der Waals surface area (Å²) in [7, 11) is 0. The standard InChI is InChI=1S/C14H14N4S2.ClH.Cu/c1-12(14-9-5-6-10-15-14)16-17-18(19)20-11-13-7-3-2-4-8-13;;/h2-10H,11H2,1H3;1H;/q;;+2/p-1/b16-12+,18-17+;;. The maximum Gasteiger partial charge on any atom is 2.00 e. The van der Waals surface area contributed by atoms with Gasteiger partial charge in [0.1, 0.15) is 10.9 Å². The van der Waals surface area contributed by atoms with E-state index in [9.17, 15) is 0 Å². The Bertz CT molecular complexity index is 609. The van der Waals surface area contributed by atoms with Crippen LogP contribution in [-0.4, -0.2) is 14.2 Å². The van der Waals surface area contributed by atoms with E-state index in [1.54, 1.807) is 6.20 Å². The fraction of sp³-hybridized carbons (Fsp3) is 0.143. The van der Waals surface area contributed by atoms with E-state index >= 15 is 0 Å². The Kier molecular flexibility index (Phi) is 11.1. The molecule has 0 spiro atoms. The second kappa shape index (κ2) is 11.6. The van der Waals surface area contributed by atoms with Crippen LogP contribution >= 0.6 is 11.9 Å². The molecule has 0 fully saturated rings. The van der Waals surface area contributed by atoms with Crippen LogP contribution in [0, 0.1) is 0 Å². The van der Waals surface area contributed by atoms with Crippen molar-refractivity contribution in [2.24, 2.45) is 10.3 Å². The number of hydrogen-bond donors (Lipinski definition) is 0. The van der Waals surface area contributed by atoms with Gasteiger partial charge in [-0.25, -0.2) is 3.51 Å². The van der Waals surface area contributed by atoms with Crippen molar-refractivity contribution in [3.8, 4) is 0 Å². The minimum Gasteiger partial charge on any atom is -1.00 e. The summed E-state index contributed by atoms with van der Waals surface area (Å²) in [6.07, 6.45) is 1.73. The second-order valence-corrected chi connectivity index (χ2v) is 5.46.